The van der Waals surface area contributed by atoms with Gasteiger partial charge in [0.1, 0.15) is 0 Å². The summed E-state index contributed by atoms with van der Waals surface area (Å²) in [4.78, 5) is 22.5. The van der Waals surface area contributed by atoms with Crippen LogP contribution in [0.3, 0.4) is 0 Å². The van der Waals surface area contributed by atoms with Gasteiger partial charge in [0, 0.05) is 12.6 Å². The molecule has 3 unspecified atom stereocenters. The van der Waals surface area contributed by atoms with E-state index < -0.39 is 11.9 Å². The molecule has 0 aliphatic carbocycles. The van der Waals surface area contributed by atoms with E-state index >= 15 is 0 Å². The van der Waals surface area contributed by atoms with Crippen LogP contribution in [0.25, 0.3) is 0 Å². The number of carbonyl (C=O) groups is 2. The maximum Gasteiger partial charge on any atom is 0.308 e. The zero-order valence-electron chi connectivity index (χ0n) is 9.82. The van der Waals surface area contributed by atoms with E-state index in [1.807, 2.05) is 0 Å². The van der Waals surface area contributed by atoms with Crippen LogP contribution >= 0.6 is 0 Å². The largest absolute Gasteiger partial charge is 0.481 e. The lowest BCUT2D eigenvalue weighted by atomic mass is 9.97. The molecule has 1 amide bonds. The van der Waals surface area contributed by atoms with Gasteiger partial charge in [0.15, 0.2) is 0 Å². The average molecular weight is 228 g/mol. The van der Waals surface area contributed by atoms with Crippen molar-refractivity contribution in [3.8, 4) is 0 Å². The van der Waals surface area contributed by atoms with Gasteiger partial charge in [-0.25, -0.2) is 0 Å². The Kier molecular flexibility index (Phi) is 4.73. The molecule has 0 spiro atoms. The molecule has 92 valence electrons. The second-order valence-electron chi connectivity index (χ2n) is 4.47. The SMILES string of the molecule is CC(NC(=O)C1CCCNC1)C(C)C(=O)O. The minimum absolute atomic E-state index is 0.0165. The van der Waals surface area contributed by atoms with Crippen LogP contribution in [0.2, 0.25) is 0 Å². The van der Waals surface area contributed by atoms with Crippen molar-refractivity contribution in [3.05, 3.63) is 0 Å². The molecule has 1 aliphatic rings. The lowest BCUT2D eigenvalue weighted by Crippen LogP contribution is -2.46. The zero-order valence-corrected chi connectivity index (χ0v) is 9.82. The molecule has 5 nitrogen and oxygen atoms in total. The summed E-state index contributed by atoms with van der Waals surface area (Å²) in [6.45, 7) is 4.99. The fraction of sp³-hybridized carbons (Fsp3) is 0.818. The topological polar surface area (TPSA) is 78.4 Å². The third-order valence-corrected chi connectivity index (χ3v) is 3.18. The molecule has 1 aliphatic heterocycles. The van der Waals surface area contributed by atoms with Crippen LogP contribution in [0.1, 0.15) is 26.7 Å². The van der Waals surface area contributed by atoms with Crippen molar-refractivity contribution in [3.63, 3.8) is 0 Å². The highest BCUT2D eigenvalue weighted by Crippen LogP contribution is 2.11. The Bertz CT molecular complexity index is 262. The maximum atomic E-state index is 11.8. The number of rotatable bonds is 4. The van der Waals surface area contributed by atoms with E-state index in [1.54, 1.807) is 13.8 Å². The molecule has 0 bridgehead atoms. The van der Waals surface area contributed by atoms with Gasteiger partial charge >= 0.3 is 5.97 Å². The van der Waals surface area contributed by atoms with Crippen molar-refractivity contribution in [2.45, 2.75) is 32.7 Å². The Labute approximate surface area is 95.6 Å². The molecule has 0 aromatic rings. The quantitative estimate of drug-likeness (QED) is 0.643. The molecule has 3 atom stereocenters. The first-order valence-electron chi connectivity index (χ1n) is 5.76. The Balaban J connectivity index is 2.40. The van der Waals surface area contributed by atoms with E-state index in [2.05, 4.69) is 10.6 Å². The molecule has 1 rings (SSSR count). The third kappa shape index (κ3) is 3.48. The first-order chi connectivity index (χ1) is 7.52. The van der Waals surface area contributed by atoms with Crippen LogP contribution in [0.4, 0.5) is 0 Å². The number of carbonyl (C=O) groups excluding carboxylic acids is 1. The van der Waals surface area contributed by atoms with Gasteiger partial charge in [-0.3, -0.25) is 9.59 Å². The normalized spacial score (nSPS) is 24.5. The number of hydrogen-bond acceptors (Lipinski definition) is 3. The summed E-state index contributed by atoms with van der Waals surface area (Å²) in [6.07, 6.45) is 1.88. The van der Waals surface area contributed by atoms with Crippen molar-refractivity contribution in [2.24, 2.45) is 11.8 Å². The van der Waals surface area contributed by atoms with E-state index in [0.29, 0.717) is 6.54 Å². The number of aliphatic carboxylic acids is 1. The van der Waals surface area contributed by atoms with Crippen LogP contribution in [-0.2, 0) is 9.59 Å². The van der Waals surface area contributed by atoms with Gasteiger partial charge in [-0.2, -0.15) is 0 Å². The molecule has 0 saturated carbocycles. The monoisotopic (exact) mass is 228 g/mol. The van der Waals surface area contributed by atoms with Crippen molar-refractivity contribution in [1.82, 2.24) is 10.6 Å². The van der Waals surface area contributed by atoms with Gasteiger partial charge < -0.3 is 15.7 Å². The molecule has 1 fully saturated rings. The Hall–Kier alpha value is -1.10. The van der Waals surface area contributed by atoms with Crippen molar-refractivity contribution < 1.29 is 14.7 Å². The van der Waals surface area contributed by atoms with Crippen LogP contribution in [0, 0.1) is 11.8 Å². The zero-order chi connectivity index (χ0) is 12.1. The van der Waals surface area contributed by atoms with Gasteiger partial charge in [0.2, 0.25) is 5.91 Å². The van der Waals surface area contributed by atoms with E-state index in [0.717, 1.165) is 19.4 Å². The number of piperidine rings is 1. The summed E-state index contributed by atoms with van der Waals surface area (Å²) < 4.78 is 0. The summed E-state index contributed by atoms with van der Waals surface area (Å²) in [6, 6.07) is -0.327. The van der Waals surface area contributed by atoms with Crippen LogP contribution in [0.5, 0.6) is 0 Å². The Morgan fingerprint density at radius 1 is 1.44 bits per heavy atom. The minimum Gasteiger partial charge on any atom is -0.481 e. The first kappa shape index (κ1) is 13.0. The predicted molar refractivity (Wildman–Crippen MR) is 60.0 cm³/mol. The highest BCUT2D eigenvalue weighted by molar-refractivity contribution is 5.80. The first-order valence-corrected chi connectivity index (χ1v) is 5.76. The summed E-state index contributed by atoms with van der Waals surface area (Å²) in [5.41, 5.74) is 0. The summed E-state index contributed by atoms with van der Waals surface area (Å²) in [5, 5.41) is 14.7. The molecule has 0 aromatic heterocycles. The standard InChI is InChI=1S/C11H20N2O3/c1-7(11(15)16)8(2)13-10(14)9-4-3-5-12-6-9/h7-9,12H,3-6H2,1-2H3,(H,13,14)(H,15,16). The van der Waals surface area contributed by atoms with Crippen LogP contribution in [0.15, 0.2) is 0 Å². The molecule has 1 saturated heterocycles. The second-order valence-corrected chi connectivity index (χ2v) is 4.47. The van der Waals surface area contributed by atoms with Crippen molar-refractivity contribution in [2.75, 3.05) is 13.1 Å². The number of nitrogens with one attached hydrogen (secondary N) is 2. The van der Waals surface area contributed by atoms with E-state index in [4.69, 9.17) is 5.11 Å². The molecule has 3 N–H and O–H groups in total. The van der Waals surface area contributed by atoms with E-state index in [1.165, 1.54) is 0 Å². The molecule has 5 heteroatoms. The van der Waals surface area contributed by atoms with Gasteiger partial charge in [-0.1, -0.05) is 0 Å². The van der Waals surface area contributed by atoms with Crippen LogP contribution in [-0.4, -0.2) is 36.1 Å². The molecule has 0 aromatic carbocycles. The molecular formula is C11H20N2O3. The summed E-state index contributed by atoms with van der Waals surface area (Å²) in [7, 11) is 0. The highest BCUT2D eigenvalue weighted by Gasteiger charge is 2.25. The third-order valence-electron chi connectivity index (χ3n) is 3.18. The lowest BCUT2D eigenvalue weighted by Gasteiger charge is -2.25. The van der Waals surface area contributed by atoms with Gasteiger partial charge in [0.05, 0.1) is 11.8 Å². The van der Waals surface area contributed by atoms with Crippen LogP contribution < -0.4 is 10.6 Å². The smallest absolute Gasteiger partial charge is 0.308 e. The Morgan fingerprint density at radius 3 is 2.62 bits per heavy atom. The molecule has 0 radical (unpaired) electrons. The average Bonchev–Trinajstić information content (AvgIpc) is 2.28. The fourth-order valence-electron chi connectivity index (χ4n) is 1.76. The summed E-state index contributed by atoms with van der Waals surface area (Å²) in [5.74, 6) is -1.49. The number of amides is 1. The van der Waals surface area contributed by atoms with Gasteiger partial charge in [-0.05, 0) is 33.2 Å². The number of carboxylic acids is 1. The molecule has 1 heterocycles. The number of carboxylic acid groups (broad SMARTS) is 1. The second kappa shape index (κ2) is 5.84. The van der Waals surface area contributed by atoms with Crippen molar-refractivity contribution >= 4 is 11.9 Å². The maximum absolute atomic E-state index is 11.8. The van der Waals surface area contributed by atoms with Crippen molar-refractivity contribution in [1.29, 1.82) is 0 Å². The number of hydrogen-bond donors (Lipinski definition) is 3. The predicted octanol–water partition coefficient (Wildman–Crippen LogP) is 0.211. The van der Waals surface area contributed by atoms with Gasteiger partial charge in [-0.15, -0.1) is 0 Å². The lowest BCUT2D eigenvalue weighted by molar-refractivity contribution is -0.142. The fourth-order valence-corrected chi connectivity index (χ4v) is 1.76. The molecular weight excluding hydrogens is 208 g/mol. The van der Waals surface area contributed by atoms with E-state index in [9.17, 15) is 9.59 Å². The highest BCUT2D eigenvalue weighted by atomic mass is 16.4. The summed E-state index contributed by atoms with van der Waals surface area (Å²) >= 11 is 0. The van der Waals surface area contributed by atoms with Gasteiger partial charge in [0.25, 0.3) is 0 Å². The Morgan fingerprint density at radius 2 is 2.12 bits per heavy atom. The van der Waals surface area contributed by atoms with E-state index in [-0.39, 0.29) is 17.9 Å². The molecule has 16 heavy (non-hydrogen) atoms. The minimum atomic E-state index is -0.880.